The number of fused-ring (bicyclic) bond motifs is 2. The number of rotatable bonds is 5. The quantitative estimate of drug-likeness (QED) is 0.162. The number of carbonyl (C=O) groups excluding carboxylic acids is 4. The number of hydrogen-bond donors (Lipinski definition) is 0. The zero-order valence-electron chi connectivity index (χ0n) is 39.9. The molecule has 6 heteroatoms. The molecule has 0 radical (unpaired) electrons. The monoisotopic (exact) mass is 848 g/mol. The molecule has 0 unspecified atom stereocenters. The van der Waals surface area contributed by atoms with Gasteiger partial charge in [0.2, 0.25) is 0 Å². The summed E-state index contributed by atoms with van der Waals surface area (Å²) in [6.45, 7) is 29.7. The van der Waals surface area contributed by atoms with Gasteiger partial charge in [0, 0.05) is 0 Å². The average Bonchev–Trinajstić information content (AvgIpc) is 3.61. The highest BCUT2D eigenvalue weighted by atomic mass is 16.2. The number of benzene rings is 6. The van der Waals surface area contributed by atoms with Crippen molar-refractivity contribution in [2.24, 2.45) is 0 Å². The molecule has 4 amide bonds. The summed E-state index contributed by atoms with van der Waals surface area (Å²) in [5.74, 6) is -1.35. The largest absolute Gasteiger partial charge is 0.268 e. The molecule has 0 spiro atoms. The van der Waals surface area contributed by atoms with Gasteiger partial charge in [0.25, 0.3) is 23.6 Å². The summed E-state index contributed by atoms with van der Waals surface area (Å²) < 4.78 is 0. The van der Waals surface area contributed by atoms with Crippen LogP contribution in [-0.2, 0) is 21.7 Å². The van der Waals surface area contributed by atoms with E-state index in [1.165, 1.54) is 9.80 Å². The van der Waals surface area contributed by atoms with Crippen LogP contribution in [0.15, 0.2) is 109 Å². The summed E-state index contributed by atoms with van der Waals surface area (Å²) in [4.78, 5) is 61.0. The topological polar surface area (TPSA) is 74.8 Å². The maximum absolute atomic E-state index is 14.6. The van der Waals surface area contributed by atoms with Crippen LogP contribution in [0.4, 0.5) is 11.4 Å². The van der Waals surface area contributed by atoms with Crippen molar-refractivity contribution in [2.75, 3.05) is 9.80 Å². The van der Waals surface area contributed by atoms with E-state index < -0.39 is 21.7 Å². The van der Waals surface area contributed by atoms with Crippen LogP contribution in [0, 0.1) is 13.8 Å². The second kappa shape index (κ2) is 15.1. The molecule has 0 saturated carbocycles. The Labute approximate surface area is 379 Å². The van der Waals surface area contributed by atoms with Crippen LogP contribution < -0.4 is 9.80 Å². The molecule has 8 rings (SSSR count). The van der Waals surface area contributed by atoms with Gasteiger partial charge in [-0.25, -0.2) is 9.80 Å². The number of amides is 4. The number of nitrogens with zero attached hydrogens (tertiary/aromatic N) is 2. The Balaban J connectivity index is 1.31. The molecule has 6 nitrogen and oxygen atoms in total. The van der Waals surface area contributed by atoms with Gasteiger partial charge >= 0.3 is 0 Å². The maximum atomic E-state index is 14.6. The Bertz CT molecular complexity index is 2740. The molecule has 6 aromatic rings. The van der Waals surface area contributed by atoms with Crippen LogP contribution in [0.3, 0.4) is 0 Å². The fraction of sp³-hybridized carbons (Fsp3) is 0.310. The van der Waals surface area contributed by atoms with E-state index in [0.717, 1.165) is 66.8 Å². The standard InChI is InChI=1S/C58H60N2O4/c1-33-15-19-35(20-16-33)37-23-25-39-43(27-37)53(63)59(51(39)61)49-31-45(55(3,4)5)41(29-47(49)57(9,10)11)42-30-48(58(12,13)14)50(32-46(42)56(6,7)8)60-52(62)40-26-24-38(28-44(40)54(60)64)36-21-17-34(2)18-22-36/h15-32H,1-14H3. The van der Waals surface area contributed by atoms with Gasteiger partial charge in [-0.3, -0.25) is 19.2 Å². The zero-order chi connectivity index (χ0) is 46.6. The molecule has 0 aromatic heterocycles. The lowest BCUT2D eigenvalue weighted by atomic mass is 9.72. The van der Waals surface area contributed by atoms with Crippen LogP contribution in [0.2, 0.25) is 0 Å². The first-order valence-electron chi connectivity index (χ1n) is 22.3. The Hall–Kier alpha value is -6.40. The van der Waals surface area contributed by atoms with Crippen LogP contribution in [0.1, 0.15) is 158 Å². The third-order valence-corrected chi connectivity index (χ3v) is 12.8. The third-order valence-electron chi connectivity index (χ3n) is 12.8. The van der Waals surface area contributed by atoms with Crippen molar-refractivity contribution in [2.45, 2.75) is 119 Å². The average molecular weight is 849 g/mol. The zero-order valence-corrected chi connectivity index (χ0v) is 39.9. The van der Waals surface area contributed by atoms with Crippen molar-refractivity contribution in [3.05, 3.63) is 165 Å². The normalized spacial score (nSPS) is 14.5. The number of anilines is 2. The van der Waals surface area contributed by atoms with Crippen molar-refractivity contribution in [1.82, 2.24) is 0 Å². The van der Waals surface area contributed by atoms with Gasteiger partial charge in [-0.2, -0.15) is 0 Å². The molecule has 0 bridgehead atoms. The molecule has 2 aliphatic rings. The summed E-state index contributed by atoms with van der Waals surface area (Å²) in [5, 5.41) is 0. The summed E-state index contributed by atoms with van der Waals surface area (Å²) in [6.07, 6.45) is 0. The fourth-order valence-electron chi connectivity index (χ4n) is 9.21. The Morgan fingerprint density at radius 2 is 0.578 bits per heavy atom. The number of carbonyl (C=O) groups is 4. The van der Waals surface area contributed by atoms with E-state index >= 15 is 0 Å². The van der Waals surface area contributed by atoms with Crippen molar-refractivity contribution in [3.8, 4) is 33.4 Å². The molecule has 2 heterocycles. The van der Waals surface area contributed by atoms with Crippen LogP contribution >= 0.6 is 0 Å². The first-order valence-corrected chi connectivity index (χ1v) is 22.3. The summed E-state index contributed by atoms with van der Waals surface area (Å²) in [5.41, 5.74) is 12.5. The molecule has 64 heavy (non-hydrogen) atoms. The van der Waals surface area contributed by atoms with Gasteiger partial charge in [0.05, 0.1) is 33.6 Å². The number of aryl methyl sites for hydroxylation is 2. The molecule has 0 atom stereocenters. The molecular formula is C58H60N2O4. The van der Waals surface area contributed by atoms with Crippen LogP contribution in [-0.4, -0.2) is 23.6 Å². The van der Waals surface area contributed by atoms with Gasteiger partial charge < -0.3 is 0 Å². The lowest BCUT2D eigenvalue weighted by Crippen LogP contribution is -2.33. The SMILES string of the molecule is Cc1ccc(-c2ccc3c(c2)C(=O)N(c2cc(C(C)(C)C)c(-c4cc(C(C)(C)C)c(N5C(=O)c6ccc(-c7ccc(C)cc7)cc6C5=O)cc4C(C)(C)C)cc2C(C)(C)C)C3=O)cc1. The maximum Gasteiger partial charge on any atom is 0.266 e. The van der Waals surface area contributed by atoms with Gasteiger partial charge in [-0.1, -0.05) is 155 Å². The predicted octanol–water partition coefficient (Wildman–Crippen LogP) is 14.1. The summed E-state index contributed by atoms with van der Waals surface area (Å²) in [6, 6.07) is 35.9. The van der Waals surface area contributed by atoms with Crippen LogP contribution in [0.5, 0.6) is 0 Å². The molecule has 2 aliphatic heterocycles. The minimum atomic E-state index is -0.491. The van der Waals surface area contributed by atoms with E-state index in [4.69, 9.17) is 0 Å². The molecule has 6 aromatic carbocycles. The molecule has 0 aliphatic carbocycles. The highest BCUT2D eigenvalue weighted by Gasteiger charge is 2.43. The Kier molecular flexibility index (Phi) is 10.4. The highest BCUT2D eigenvalue weighted by molar-refractivity contribution is 6.36. The fourth-order valence-corrected chi connectivity index (χ4v) is 9.21. The van der Waals surface area contributed by atoms with Gasteiger partial charge in [-0.05, 0) is 140 Å². The minimum Gasteiger partial charge on any atom is -0.268 e. The van der Waals surface area contributed by atoms with Crippen molar-refractivity contribution in [1.29, 1.82) is 0 Å². The Morgan fingerprint density at radius 1 is 0.297 bits per heavy atom. The van der Waals surface area contributed by atoms with E-state index in [2.05, 4.69) is 107 Å². The van der Waals surface area contributed by atoms with Gasteiger partial charge in [0.1, 0.15) is 0 Å². The van der Waals surface area contributed by atoms with Crippen LogP contribution in [0.25, 0.3) is 33.4 Å². The van der Waals surface area contributed by atoms with E-state index in [-0.39, 0.29) is 23.6 Å². The second-order valence-corrected chi connectivity index (χ2v) is 22.0. The molecule has 0 fully saturated rings. The predicted molar refractivity (Wildman–Crippen MR) is 262 cm³/mol. The van der Waals surface area contributed by atoms with Crippen molar-refractivity contribution < 1.29 is 19.2 Å². The molecule has 0 N–H and O–H groups in total. The van der Waals surface area contributed by atoms with Crippen molar-refractivity contribution >= 4 is 35.0 Å². The summed E-state index contributed by atoms with van der Waals surface area (Å²) >= 11 is 0. The van der Waals surface area contributed by atoms with E-state index in [1.807, 2.05) is 86.6 Å². The third kappa shape index (κ3) is 7.61. The molecule has 326 valence electrons. The van der Waals surface area contributed by atoms with E-state index in [1.54, 1.807) is 12.1 Å². The first kappa shape index (κ1) is 44.2. The summed E-state index contributed by atoms with van der Waals surface area (Å²) in [7, 11) is 0. The smallest absolute Gasteiger partial charge is 0.266 e. The van der Waals surface area contributed by atoms with E-state index in [9.17, 15) is 19.2 Å². The Morgan fingerprint density at radius 3 is 0.875 bits per heavy atom. The number of imide groups is 2. The van der Waals surface area contributed by atoms with E-state index in [0.29, 0.717) is 33.6 Å². The number of hydrogen-bond acceptors (Lipinski definition) is 4. The van der Waals surface area contributed by atoms with Crippen molar-refractivity contribution in [3.63, 3.8) is 0 Å². The molecule has 0 saturated heterocycles. The highest BCUT2D eigenvalue weighted by Crippen LogP contribution is 2.49. The lowest BCUT2D eigenvalue weighted by Gasteiger charge is -2.35. The first-order chi connectivity index (χ1) is 29.8. The second-order valence-electron chi connectivity index (χ2n) is 22.0. The minimum absolute atomic E-state index is 0.338. The van der Waals surface area contributed by atoms with Gasteiger partial charge in [-0.15, -0.1) is 0 Å². The van der Waals surface area contributed by atoms with Gasteiger partial charge in [0.15, 0.2) is 0 Å². The molecular weight excluding hydrogens is 789 g/mol. The lowest BCUT2D eigenvalue weighted by molar-refractivity contribution is 0.0909.